The van der Waals surface area contributed by atoms with Crippen LogP contribution >= 0.6 is 15.9 Å². The van der Waals surface area contributed by atoms with Crippen LogP contribution in [0, 0.1) is 0 Å². The highest BCUT2D eigenvalue weighted by molar-refractivity contribution is 9.10. The topological polar surface area (TPSA) is 43.8 Å². The highest BCUT2D eigenvalue weighted by Crippen LogP contribution is 2.32. The molecule has 0 unspecified atom stereocenters. The molecule has 1 heterocycles. The van der Waals surface area contributed by atoms with E-state index in [9.17, 15) is 0 Å². The van der Waals surface area contributed by atoms with Crippen LogP contribution in [-0.2, 0) is 6.42 Å². The second-order valence-corrected chi connectivity index (χ2v) is 4.63. The van der Waals surface area contributed by atoms with Crippen molar-refractivity contribution in [3.05, 3.63) is 16.4 Å². The van der Waals surface area contributed by atoms with Gasteiger partial charge in [-0.25, -0.2) is 0 Å². The zero-order chi connectivity index (χ0) is 9.97. The summed E-state index contributed by atoms with van der Waals surface area (Å²) < 4.78 is 3.26. The summed E-state index contributed by atoms with van der Waals surface area (Å²) in [6, 6.07) is 0.607. The molecule has 78 valence electrons. The summed E-state index contributed by atoms with van der Waals surface area (Å²) in [5.41, 5.74) is 6.77. The van der Waals surface area contributed by atoms with Gasteiger partial charge in [-0.15, -0.1) is 0 Å². The highest BCUT2D eigenvalue weighted by Gasteiger charge is 2.20. The van der Waals surface area contributed by atoms with Crippen LogP contribution in [0.2, 0.25) is 0 Å². The number of rotatable bonds is 3. The number of nitrogens with two attached hydrogens (primary N) is 1. The molecular weight excluding hydrogens is 242 g/mol. The average Bonchev–Trinajstić information content (AvgIpc) is 2.77. The predicted molar refractivity (Wildman–Crippen MR) is 60.2 cm³/mol. The van der Waals surface area contributed by atoms with Crippen LogP contribution in [0.3, 0.4) is 0 Å². The Morgan fingerprint density at radius 1 is 1.50 bits per heavy atom. The van der Waals surface area contributed by atoms with E-state index in [1.807, 2.05) is 6.20 Å². The van der Waals surface area contributed by atoms with E-state index in [4.69, 9.17) is 5.73 Å². The molecule has 0 spiro atoms. The number of hydrogen-bond donors (Lipinski definition) is 1. The highest BCUT2D eigenvalue weighted by atomic mass is 79.9. The summed E-state index contributed by atoms with van der Waals surface area (Å²) in [6.45, 7) is 0.689. The van der Waals surface area contributed by atoms with Gasteiger partial charge < -0.3 is 5.73 Å². The summed E-state index contributed by atoms with van der Waals surface area (Å²) in [5.74, 6) is 0. The zero-order valence-corrected chi connectivity index (χ0v) is 9.83. The molecule has 0 aromatic carbocycles. The summed E-state index contributed by atoms with van der Waals surface area (Å²) in [5, 5.41) is 4.43. The van der Waals surface area contributed by atoms with E-state index in [1.165, 1.54) is 31.2 Å². The molecule has 14 heavy (non-hydrogen) atoms. The second kappa shape index (κ2) is 4.45. The van der Waals surface area contributed by atoms with Gasteiger partial charge in [-0.1, -0.05) is 12.8 Å². The summed E-state index contributed by atoms with van der Waals surface area (Å²) >= 11 is 3.61. The lowest BCUT2D eigenvalue weighted by Gasteiger charge is -2.11. The molecule has 1 aromatic heterocycles. The van der Waals surface area contributed by atoms with Gasteiger partial charge in [0.15, 0.2) is 0 Å². The standard InChI is InChI=1S/C10H16BrN3/c11-10-8(5-6-12)7-13-14(10)9-3-1-2-4-9/h7,9H,1-6,12H2. The Bertz CT molecular complexity index is 302. The number of halogens is 1. The Balaban J connectivity index is 2.17. The molecule has 4 heteroatoms. The molecular formula is C10H16BrN3. The molecule has 0 bridgehead atoms. The van der Waals surface area contributed by atoms with E-state index < -0.39 is 0 Å². The lowest BCUT2D eigenvalue weighted by atomic mass is 10.2. The molecule has 2 rings (SSSR count). The monoisotopic (exact) mass is 257 g/mol. The smallest absolute Gasteiger partial charge is 0.107 e. The summed E-state index contributed by atoms with van der Waals surface area (Å²) in [4.78, 5) is 0. The molecule has 0 atom stereocenters. The molecule has 0 radical (unpaired) electrons. The maximum Gasteiger partial charge on any atom is 0.107 e. The third-order valence-corrected chi connectivity index (χ3v) is 3.76. The van der Waals surface area contributed by atoms with E-state index in [-0.39, 0.29) is 0 Å². The van der Waals surface area contributed by atoms with Gasteiger partial charge in [-0.05, 0) is 41.7 Å². The SMILES string of the molecule is NCCc1cnn(C2CCCC2)c1Br. The van der Waals surface area contributed by atoms with Crippen molar-refractivity contribution in [2.45, 2.75) is 38.1 Å². The molecule has 3 nitrogen and oxygen atoms in total. The molecule has 1 fully saturated rings. The van der Waals surface area contributed by atoms with Crippen LogP contribution in [0.25, 0.3) is 0 Å². The van der Waals surface area contributed by atoms with E-state index in [0.29, 0.717) is 12.6 Å². The van der Waals surface area contributed by atoms with Gasteiger partial charge in [0.1, 0.15) is 4.60 Å². The van der Waals surface area contributed by atoms with E-state index in [0.717, 1.165) is 11.0 Å². The fourth-order valence-electron chi connectivity index (χ4n) is 2.11. The van der Waals surface area contributed by atoms with Crippen LogP contribution in [0.15, 0.2) is 10.8 Å². The number of aromatic nitrogens is 2. The predicted octanol–water partition coefficient (Wildman–Crippen LogP) is 2.26. The first-order chi connectivity index (χ1) is 6.83. The number of hydrogen-bond acceptors (Lipinski definition) is 2. The minimum atomic E-state index is 0.607. The lowest BCUT2D eigenvalue weighted by molar-refractivity contribution is 0.458. The molecule has 0 saturated heterocycles. The molecule has 1 aliphatic carbocycles. The van der Waals surface area contributed by atoms with Gasteiger partial charge in [-0.2, -0.15) is 5.10 Å². The lowest BCUT2D eigenvalue weighted by Crippen LogP contribution is -2.07. The van der Waals surface area contributed by atoms with E-state index >= 15 is 0 Å². The van der Waals surface area contributed by atoms with Crippen molar-refractivity contribution < 1.29 is 0 Å². The maximum atomic E-state index is 5.53. The van der Waals surface area contributed by atoms with Crippen LogP contribution in [0.1, 0.15) is 37.3 Å². The van der Waals surface area contributed by atoms with Crippen LogP contribution in [-0.4, -0.2) is 16.3 Å². The van der Waals surface area contributed by atoms with Gasteiger partial charge in [0.2, 0.25) is 0 Å². The molecule has 0 amide bonds. The first-order valence-electron chi connectivity index (χ1n) is 5.25. The Labute approximate surface area is 92.8 Å². The largest absolute Gasteiger partial charge is 0.330 e. The molecule has 0 aliphatic heterocycles. The van der Waals surface area contributed by atoms with E-state index in [2.05, 4.69) is 25.7 Å². The van der Waals surface area contributed by atoms with Crippen molar-refractivity contribution in [2.75, 3.05) is 6.54 Å². The zero-order valence-electron chi connectivity index (χ0n) is 8.25. The molecule has 2 N–H and O–H groups in total. The normalized spacial score (nSPS) is 17.9. The van der Waals surface area contributed by atoms with Crippen molar-refractivity contribution in [3.63, 3.8) is 0 Å². The quantitative estimate of drug-likeness (QED) is 0.903. The second-order valence-electron chi connectivity index (χ2n) is 3.88. The first-order valence-corrected chi connectivity index (χ1v) is 6.04. The van der Waals surface area contributed by atoms with Crippen LogP contribution in [0.4, 0.5) is 0 Å². The van der Waals surface area contributed by atoms with Crippen molar-refractivity contribution in [2.24, 2.45) is 5.73 Å². The Hall–Kier alpha value is -0.350. The third-order valence-electron chi connectivity index (χ3n) is 2.89. The minimum Gasteiger partial charge on any atom is -0.330 e. The van der Waals surface area contributed by atoms with Gasteiger partial charge in [0.05, 0.1) is 12.2 Å². The van der Waals surface area contributed by atoms with Crippen molar-refractivity contribution in [1.82, 2.24) is 9.78 Å². The Morgan fingerprint density at radius 3 is 2.86 bits per heavy atom. The molecule has 1 aliphatic rings. The van der Waals surface area contributed by atoms with Crippen molar-refractivity contribution >= 4 is 15.9 Å². The summed E-state index contributed by atoms with van der Waals surface area (Å²) in [6.07, 6.45) is 8.06. The Kier molecular flexibility index (Phi) is 3.23. The van der Waals surface area contributed by atoms with Gasteiger partial charge in [0.25, 0.3) is 0 Å². The fourth-order valence-corrected chi connectivity index (χ4v) is 2.79. The fraction of sp³-hybridized carbons (Fsp3) is 0.700. The van der Waals surface area contributed by atoms with Crippen molar-refractivity contribution in [3.8, 4) is 0 Å². The van der Waals surface area contributed by atoms with Gasteiger partial charge in [0, 0.05) is 5.56 Å². The van der Waals surface area contributed by atoms with E-state index in [1.54, 1.807) is 0 Å². The average molecular weight is 258 g/mol. The maximum absolute atomic E-state index is 5.53. The minimum absolute atomic E-state index is 0.607. The van der Waals surface area contributed by atoms with Crippen LogP contribution in [0.5, 0.6) is 0 Å². The number of nitrogens with zero attached hydrogens (tertiary/aromatic N) is 2. The summed E-state index contributed by atoms with van der Waals surface area (Å²) in [7, 11) is 0. The molecule has 1 aromatic rings. The Morgan fingerprint density at radius 2 is 2.21 bits per heavy atom. The van der Waals surface area contributed by atoms with Crippen molar-refractivity contribution in [1.29, 1.82) is 0 Å². The van der Waals surface area contributed by atoms with Gasteiger partial charge >= 0.3 is 0 Å². The van der Waals surface area contributed by atoms with Crippen LogP contribution < -0.4 is 5.73 Å². The van der Waals surface area contributed by atoms with Gasteiger partial charge in [-0.3, -0.25) is 4.68 Å². The molecule has 1 saturated carbocycles. The third kappa shape index (κ3) is 1.86. The first kappa shape index (κ1) is 10.2.